The predicted octanol–water partition coefficient (Wildman–Crippen LogP) is 3.01. The summed E-state index contributed by atoms with van der Waals surface area (Å²) in [5.41, 5.74) is 0.841. The molecule has 0 fully saturated rings. The molecule has 0 saturated carbocycles. The van der Waals surface area contributed by atoms with Gasteiger partial charge < -0.3 is 24.3 Å². The van der Waals surface area contributed by atoms with Gasteiger partial charge in [-0.25, -0.2) is 14.6 Å². The Morgan fingerprint density at radius 2 is 1.93 bits per heavy atom. The van der Waals surface area contributed by atoms with Gasteiger partial charge in [0.2, 0.25) is 5.88 Å². The molecule has 1 aromatic heterocycles. The van der Waals surface area contributed by atoms with E-state index in [1.54, 1.807) is 33.9 Å². The van der Waals surface area contributed by atoms with E-state index in [9.17, 15) is 9.59 Å². The van der Waals surface area contributed by atoms with E-state index in [2.05, 4.69) is 10.3 Å². The Kier molecular flexibility index (Phi) is 9.18. The van der Waals surface area contributed by atoms with Crippen molar-refractivity contribution in [3.8, 4) is 5.88 Å². The first-order chi connectivity index (χ1) is 13.1. The van der Waals surface area contributed by atoms with Crippen molar-refractivity contribution < 1.29 is 28.5 Å². The normalized spacial score (nSPS) is 12.4. The maximum absolute atomic E-state index is 12.2. The first kappa shape index (κ1) is 23.7. The molecule has 0 bridgehead atoms. The van der Waals surface area contributed by atoms with E-state index in [4.69, 9.17) is 18.9 Å². The van der Waals surface area contributed by atoms with Gasteiger partial charge in [-0.15, -0.1) is 0 Å². The van der Waals surface area contributed by atoms with Crippen molar-refractivity contribution in [1.82, 2.24) is 10.3 Å². The molecule has 1 heterocycles. The molecule has 1 aromatic rings. The summed E-state index contributed by atoms with van der Waals surface area (Å²) >= 11 is 0. The molecule has 0 aliphatic heterocycles. The standard InChI is InChI=1S/C20H32N2O6/c1-8-26-18(23)16(27-13(2)3)10-14-9-15(17(25-7)21-11-14)12-22-19(24)28-20(4,5)6/h9,11,13,16H,8,10,12H2,1-7H3,(H,22,24). The number of nitrogens with one attached hydrogen (secondary N) is 1. The zero-order chi connectivity index (χ0) is 21.3. The van der Waals surface area contributed by atoms with Crippen LogP contribution < -0.4 is 10.1 Å². The number of hydrogen-bond donors (Lipinski definition) is 1. The van der Waals surface area contributed by atoms with E-state index < -0.39 is 23.8 Å². The van der Waals surface area contributed by atoms with E-state index in [1.165, 1.54) is 7.11 Å². The minimum absolute atomic E-state index is 0.131. The molecule has 1 amide bonds. The van der Waals surface area contributed by atoms with Crippen LogP contribution in [0.3, 0.4) is 0 Å². The molecule has 0 spiro atoms. The molecule has 1 unspecified atom stereocenters. The lowest BCUT2D eigenvalue weighted by Crippen LogP contribution is -2.32. The first-order valence-corrected chi connectivity index (χ1v) is 9.36. The molecule has 0 aliphatic carbocycles. The number of hydrogen-bond acceptors (Lipinski definition) is 7. The zero-order valence-corrected chi connectivity index (χ0v) is 17.8. The summed E-state index contributed by atoms with van der Waals surface area (Å²) in [4.78, 5) is 28.3. The van der Waals surface area contributed by atoms with Gasteiger partial charge in [0.05, 0.1) is 26.4 Å². The van der Waals surface area contributed by atoms with E-state index in [0.717, 1.165) is 5.56 Å². The lowest BCUT2D eigenvalue weighted by Gasteiger charge is -2.20. The highest BCUT2D eigenvalue weighted by molar-refractivity contribution is 5.75. The molecule has 0 radical (unpaired) electrons. The van der Waals surface area contributed by atoms with E-state index in [-0.39, 0.29) is 19.3 Å². The van der Waals surface area contributed by atoms with Crippen LogP contribution in [0.4, 0.5) is 4.79 Å². The quantitative estimate of drug-likeness (QED) is 0.641. The van der Waals surface area contributed by atoms with Crippen LogP contribution >= 0.6 is 0 Å². The SMILES string of the molecule is CCOC(=O)C(Cc1cnc(OC)c(CNC(=O)OC(C)(C)C)c1)OC(C)C. The van der Waals surface area contributed by atoms with Crippen LogP contribution in [0.2, 0.25) is 0 Å². The van der Waals surface area contributed by atoms with Crippen molar-refractivity contribution >= 4 is 12.1 Å². The second kappa shape index (κ2) is 10.8. The van der Waals surface area contributed by atoms with Crippen LogP contribution in [0.1, 0.15) is 52.7 Å². The van der Waals surface area contributed by atoms with Crippen LogP contribution in [0.15, 0.2) is 12.3 Å². The van der Waals surface area contributed by atoms with Gasteiger partial charge in [0.25, 0.3) is 0 Å². The van der Waals surface area contributed by atoms with Gasteiger partial charge in [0.1, 0.15) is 5.60 Å². The van der Waals surface area contributed by atoms with Gasteiger partial charge in [-0.1, -0.05) is 0 Å². The summed E-state index contributed by atoms with van der Waals surface area (Å²) in [6.07, 6.45) is 0.516. The lowest BCUT2D eigenvalue weighted by atomic mass is 10.1. The van der Waals surface area contributed by atoms with Gasteiger partial charge in [-0.05, 0) is 53.2 Å². The van der Waals surface area contributed by atoms with Crippen molar-refractivity contribution in [3.05, 3.63) is 23.4 Å². The largest absolute Gasteiger partial charge is 0.481 e. The van der Waals surface area contributed by atoms with Gasteiger partial charge in [0, 0.05) is 18.2 Å². The number of alkyl carbamates (subject to hydrolysis) is 1. The minimum Gasteiger partial charge on any atom is -0.481 e. The number of rotatable bonds is 9. The molecule has 28 heavy (non-hydrogen) atoms. The maximum atomic E-state index is 12.2. The Morgan fingerprint density at radius 3 is 2.46 bits per heavy atom. The Bertz CT molecular complexity index is 655. The smallest absolute Gasteiger partial charge is 0.407 e. The third-order valence-electron chi connectivity index (χ3n) is 3.40. The Hall–Kier alpha value is -2.35. The maximum Gasteiger partial charge on any atom is 0.407 e. The highest BCUT2D eigenvalue weighted by Gasteiger charge is 2.23. The molecule has 0 aromatic carbocycles. The fourth-order valence-corrected chi connectivity index (χ4v) is 2.42. The number of pyridine rings is 1. The zero-order valence-electron chi connectivity index (χ0n) is 17.8. The molecular weight excluding hydrogens is 364 g/mol. The highest BCUT2D eigenvalue weighted by atomic mass is 16.6. The summed E-state index contributed by atoms with van der Waals surface area (Å²) < 4.78 is 21.3. The third-order valence-corrected chi connectivity index (χ3v) is 3.40. The van der Waals surface area contributed by atoms with E-state index in [1.807, 2.05) is 19.9 Å². The number of ether oxygens (including phenoxy) is 4. The molecule has 0 saturated heterocycles. The van der Waals surface area contributed by atoms with Crippen LogP contribution in [0, 0.1) is 0 Å². The number of nitrogens with zero attached hydrogens (tertiary/aromatic N) is 1. The number of amides is 1. The second-order valence-corrected chi connectivity index (χ2v) is 7.50. The molecular formula is C20H32N2O6. The average molecular weight is 396 g/mol. The number of carbonyl (C=O) groups excluding carboxylic acids is 2. The third kappa shape index (κ3) is 8.56. The second-order valence-electron chi connectivity index (χ2n) is 7.50. The number of methoxy groups -OCH3 is 1. The topological polar surface area (TPSA) is 96.0 Å². The molecule has 158 valence electrons. The van der Waals surface area contributed by atoms with Crippen LogP contribution in [-0.2, 0) is 32.0 Å². The van der Waals surface area contributed by atoms with Crippen molar-refractivity contribution in [2.24, 2.45) is 0 Å². The minimum atomic E-state index is -0.734. The number of aromatic nitrogens is 1. The Balaban J connectivity index is 2.91. The fourth-order valence-electron chi connectivity index (χ4n) is 2.42. The van der Waals surface area contributed by atoms with Crippen LogP contribution in [-0.4, -0.2) is 48.6 Å². The molecule has 0 aliphatic rings. The summed E-state index contributed by atoms with van der Waals surface area (Å²) in [6.45, 7) is 11.3. The molecule has 8 nitrogen and oxygen atoms in total. The molecule has 1 N–H and O–H groups in total. The van der Waals surface area contributed by atoms with Crippen molar-refractivity contribution in [2.75, 3.05) is 13.7 Å². The first-order valence-electron chi connectivity index (χ1n) is 9.36. The van der Waals surface area contributed by atoms with Crippen LogP contribution in [0.5, 0.6) is 5.88 Å². The average Bonchev–Trinajstić information content (AvgIpc) is 2.58. The lowest BCUT2D eigenvalue weighted by molar-refractivity contribution is -0.159. The van der Waals surface area contributed by atoms with Gasteiger partial charge in [0.15, 0.2) is 6.10 Å². The number of carbonyl (C=O) groups is 2. The Labute approximate surface area is 166 Å². The molecule has 1 rings (SSSR count). The molecule has 1 atom stereocenters. The van der Waals surface area contributed by atoms with Gasteiger partial charge >= 0.3 is 12.1 Å². The Morgan fingerprint density at radius 1 is 1.25 bits per heavy atom. The fraction of sp³-hybridized carbons (Fsp3) is 0.650. The van der Waals surface area contributed by atoms with Crippen molar-refractivity contribution in [2.45, 2.75) is 72.3 Å². The van der Waals surface area contributed by atoms with E-state index >= 15 is 0 Å². The van der Waals surface area contributed by atoms with Crippen molar-refractivity contribution in [1.29, 1.82) is 0 Å². The summed E-state index contributed by atoms with van der Waals surface area (Å²) in [5.74, 6) is -0.0299. The summed E-state index contributed by atoms with van der Waals surface area (Å²) in [5, 5.41) is 2.68. The molecule has 8 heteroatoms. The summed E-state index contributed by atoms with van der Waals surface area (Å²) in [6, 6.07) is 1.82. The van der Waals surface area contributed by atoms with Crippen LogP contribution in [0.25, 0.3) is 0 Å². The predicted molar refractivity (Wildman–Crippen MR) is 104 cm³/mol. The number of esters is 1. The van der Waals surface area contributed by atoms with Gasteiger partial charge in [-0.3, -0.25) is 0 Å². The van der Waals surface area contributed by atoms with Crippen molar-refractivity contribution in [3.63, 3.8) is 0 Å². The summed E-state index contributed by atoms with van der Waals surface area (Å²) in [7, 11) is 1.50. The monoisotopic (exact) mass is 396 g/mol. The highest BCUT2D eigenvalue weighted by Crippen LogP contribution is 2.19. The van der Waals surface area contributed by atoms with E-state index in [0.29, 0.717) is 17.9 Å². The van der Waals surface area contributed by atoms with Gasteiger partial charge in [-0.2, -0.15) is 0 Å².